The lowest BCUT2D eigenvalue weighted by Crippen LogP contribution is -2.06. The van der Waals surface area contributed by atoms with E-state index in [1.807, 2.05) is 0 Å². The molecule has 0 spiro atoms. The predicted octanol–water partition coefficient (Wildman–Crippen LogP) is 6.87. The summed E-state index contributed by atoms with van der Waals surface area (Å²) in [5.74, 6) is 0. The Morgan fingerprint density at radius 1 is 0.593 bits per heavy atom. The molecule has 0 amide bonds. The minimum absolute atomic E-state index is 0.589. The second-order valence-corrected chi connectivity index (χ2v) is 7.04. The van der Waals surface area contributed by atoms with Gasteiger partial charge in [0.25, 0.3) is 0 Å². The van der Waals surface area contributed by atoms with Crippen LogP contribution in [0.1, 0.15) is 16.7 Å². The normalized spacial score (nSPS) is 11.3. The molecular formula is C26H19N. The van der Waals surface area contributed by atoms with Gasteiger partial charge in [-0.3, -0.25) is 5.41 Å². The van der Waals surface area contributed by atoms with Crippen molar-refractivity contribution in [1.29, 1.82) is 5.41 Å². The van der Waals surface area contributed by atoms with Crippen LogP contribution < -0.4 is 0 Å². The van der Waals surface area contributed by atoms with Crippen LogP contribution in [-0.4, -0.2) is 5.71 Å². The van der Waals surface area contributed by atoms with Gasteiger partial charge in [-0.25, -0.2) is 0 Å². The van der Waals surface area contributed by atoms with Crippen molar-refractivity contribution in [2.75, 3.05) is 0 Å². The lowest BCUT2D eigenvalue weighted by Gasteiger charge is -2.15. The molecule has 0 radical (unpaired) electrons. The lowest BCUT2D eigenvalue weighted by molar-refractivity contribution is 1.42. The fourth-order valence-electron chi connectivity index (χ4n) is 4.11. The van der Waals surface area contributed by atoms with E-state index in [4.69, 9.17) is 5.41 Å². The maximum absolute atomic E-state index is 9.15. The van der Waals surface area contributed by atoms with Crippen LogP contribution in [0.3, 0.4) is 0 Å². The molecule has 0 aromatic heterocycles. The van der Waals surface area contributed by atoms with Crippen LogP contribution in [0.15, 0.2) is 91.0 Å². The summed E-state index contributed by atoms with van der Waals surface area (Å²) in [5.41, 5.74) is 3.74. The number of fused-ring (bicyclic) bond motifs is 4. The molecule has 0 aliphatic rings. The highest BCUT2D eigenvalue weighted by Crippen LogP contribution is 2.32. The van der Waals surface area contributed by atoms with E-state index in [1.54, 1.807) is 0 Å². The number of rotatable bonds is 2. The highest BCUT2D eigenvalue weighted by Gasteiger charge is 2.15. The van der Waals surface area contributed by atoms with Gasteiger partial charge in [0.05, 0.1) is 5.71 Å². The molecule has 1 heteroatoms. The lowest BCUT2D eigenvalue weighted by atomic mass is 9.88. The molecule has 5 rings (SSSR count). The van der Waals surface area contributed by atoms with Gasteiger partial charge in [0, 0.05) is 11.1 Å². The second-order valence-electron chi connectivity index (χ2n) is 7.04. The molecule has 0 bridgehead atoms. The molecule has 0 unspecified atom stereocenters. The van der Waals surface area contributed by atoms with Gasteiger partial charge in [-0.1, -0.05) is 84.9 Å². The molecule has 1 N–H and O–H groups in total. The zero-order valence-corrected chi connectivity index (χ0v) is 15.2. The zero-order valence-electron chi connectivity index (χ0n) is 15.2. The van der Waals surface area contributed by atoms with Crippen molar-refractivity contribution in [2.24, 2.45) is 0 Å². The predicted molar refractivity (Wildman–Crippen MR) is 116 cm³/mol. The summed E-state index contributed by atoms with van der Waals surface area (Å²) in [6.45, 7) is 2.10. The van der Waals surface area contributed by atoms with E-state index in [2.05, 4.69) is 97.9 Å². The zero-order chi connectivity index (χ0) is 18.4. The molecule has 128 valence electrons. The molecule has 5 aromatic rings. The van der Waals surface area contributed by atoms with Crippen LogP contribution >= 0.6 is 0 Å². The van der Waals surface area contributed by atoms with Crippen molar-refractivity contribution in [3.8, 4) is 0 Å². The van der Waals surface area contributed by atoms with Crippen LogP contribution in [-0.2, 0) is 0 Å². The topological polar surface area (TPSA) is 23.9 Å². The molecule has 0 heterocycles. The van der Waals surface area contributed by atoms with Gasteiger partial charge in [0.1, 0.15) is 0 Å². The molecular weight excluding hydrogens is 326 g/mol. The molecule has 0 aliphatic heterocycles. The molecule has 27 heavy (non-hydrogen) atoms. The third-order valence-corrected chi connectivity index (χ3v) is 5.42. The summed E-state index contributed by atoms with van der Waals surface area (Å²) < 4.78 is 0. The summed E-state index contributed by atoms with van der Waals surface area (Å²) >= 11 is 0. The Kier molecular flexibility index (Phi) is 3.54. The highest BCUT2D eigenvalue weighted by atomic mass is 14.4. The second kappa shape index (κ2) is 6.07. The molecule has 0 saturated carbocycles. The Labute approximate surface area is 158 Å². The third-order valence-electron chi connectivity index (χ3n) is 5.42. The van der Waals surface area contributed by atoms with E-state index in [-0.39, 0.29) is 0 Å². The molecule has 0 fully saturated rings. The van der Waals surface area contributed by atoms with Gasteiger partial charge in [0.2, 0.25) is 0 Å². The van der Waals surface area contributed by atoms with E-state index >= 15 is 0 Å². The molecule has 0 aliphatic carbocycles. The van der Waals surface area contributed by atoms with Crippen LogP contribution in [0.5, 0.6) is 0 Å². The van der Waals surface area contributed by atoms with Gasteiger partial charge < -0.3 is 0 Å². The maximum Gasteiger partial charge on any atom is 0.0699 e. The first kappa shape index (κ1) is 15.8. The molecule has 5 aromatic carbocycles. The largest absolute Gasteiger partial charge is 0.300 e. The van der Waals surface area contributed by atoms with E-state index in [0.29, 0.717) is 5.71 Å². The average Bonchev–Trinajstić information content (AvgIpc) is 2.72. The van der Waals surface area contributed by atoms with E-state index in [1.165, 1.54) is 21.5 Å². The standard InChI is InChI=1S/C26H19N/c1-17-14-15-18-8-2-5-11-21(18)25(17)26(27)24-16-19-9-3-4-10-20(19)22-12-6-7-13-23(22)24/h2-16,27H,1H3. The Morgan fingerprint density at radius 2 is 1.19 bits per heavy atom. The minimum Gasteiger partial charge on any atom is -0.300 e. The molecule has 0 saturated heterocycles. The van der Waals surface area contributed by atoms with Crippen molar-refractivity contribution in [3.63, 3.8) is 0 Å². The van der Waals surface area contributed by atoms with Crippen molar-refractivity contribution >= 4 is 38.0 Å². The van der Waals surface area contributed by atoms with Crippen LogP contribution in [0.25, 0.3) is 32.3 Å². The Balaban J connectivity index is 1.86. The quantitative estimate of drug-likeness (QED) is 0.267. The summed E-state index contributed by atoms with van der Waals surface area (Å²) in [6.07, 6.45) is 0. The Morgan fingerprint density at radius 3 is 1.96 bits per heavy atom. The van der Waals surface area contributed by atoms with Crippen LogP contribution in [0, 0.1) is 12.3 Å². The fraction of sp³-hybridized carbons (Fsp3) is 0.0385. The number of aryl methyl sites for hydroxylation is 1. The summed E-state index contributed by atoms with van der Waals surface area (Å²) in [5, 5.41) is 16.2. The van der Waals surface area contributed by atoms with Gasteiger partial charge in [-0.2, -0.15) is 0 Å². The number of hydrogen-bond acceptors (Lipinski definition) is 1. The number of nitrogens with one attached hydrogen (secondary N) is 1. The summed E-state index contributed by atoms with van der Waals surface area (Å²) in [7, 11) is 0. The van der Waals surface area contributed by atoms with Crippen molar-refractivity contribution < 1.29 is 0 Å². The van der Waals surface area contributed by atoms with E-state index in [0.717, 1.165) is 27.5 Å². The molecule has 0 atom stereocenters. The van der Waals surface area contributed by atoms with Crippen LogP contribution in [0.4, 0.5) is 0 Å². The summed E-state index contributed by atoms with van der Waals surface area (Å²) in [6, 6.07) is 31.6. The monoisotopic (exact) mass is 345 g/mol. The van der Waals surface area contributed by atoms with E-state index in [9.17, 15) is 0 Å². The van der Waals surface area contributed by atoms with Crippen LogP contribution in [0.2, 0.25) is 0 Å². The summed E-state index contributed by atoms with van der Waals surface area (Å²) in [4.78, 5) is 0. The number of hydrogen-bond donors (Lipinski definition) is 1. The SMILES string of the molecule is Cc1ccc2ccccc2c1C(=N)c1cc2ccccc2c2ccccc12. The van der Waals surface area contributed by atoms with Gasteiger partial charge in [-0.05, 0) is 50.9 Å². The smallest absolute Gasteiger partial charge is 0.0699 e. The van der Waals surface area contributed by atoms with Gasteiger partial charge in [0.15, 0.2) is 0 Å². The minimum atomic E-state index is 0.589. The average molecular weight is 345 g/mol. The molecule has 1 nitrogen and oxygen atoms in total. The number of benzene rings is 5. The van der Waals surface area contributed by atoms with Crippen molar-refractivity contribution in [3.05, 3.63) is 108 Å². The first-order valence-electron chi connectivity index (χ1n) is 9.22. The third kappa shape index (κ3) is 2.43. The van der Waals surface area contributed by atoms with Crippen molar-refractivity contribution in [1.82, 2.24) is 0 Å². The van der Waals surface area contributed by atoms with E-state index < -0.39 is 0 Å². The highest BCUT2D eigenvalue weighted by molar-refractivity contribution is 6.26. The first-order chi connectivity index (χ1) is 13.2. The van der Waals surface area contributed by atoms with Gasteiger partial charge in [-0.15, -0.1) is 0 Å². The van der Waals surface area contributed by atoms with Gasteiger partial charge >= 0.3 is 0 Å². The van der Waals surface area contributed by atoms with Crippen molar-refractivity contribution in [2.45, 2.75) is 6.92 Å². The Hall–Kier alpha value is -3.45. The fourth-order valence-corrected chi connectivity index (χ4v) is 4.11. The maximum atomic E-state index is 9.15. The Bertz CT molecular complexity index is 1340. The first-order valence-corrected chi connectivity index (χ1v) is 9.22.